The molecule has 0 saturated heterocycles. The predicted octanol–water partition coefficient (Wildman–Crippen LogP) is 3.48. The van der Waals surface area contributed by atoms with Gasteiger partial charge in [0.15, 0.2) is 5.82 Å². The van der Waals surface area contributed by atoms with Crippen LogP contribution in [0.25, 0.3) is 16.9 Å². The molecule has 116 valence electrons. The van der Waals surface area contributed by atoms with Gasteiger partial charge in [-0.15, -0.1) is 0 Å². The van der Waals surface area contributed by atoms with E-state index in [2.05, 4.69) is 21.7 Å². The van der Waals surface area contributed by atoms with Gasteiger partial charge in [0.05, 0.1) is 17.1 Å². The Morgan fingerprint density at radius 1 is 1.17 bits per heavy atom. The van der Waals surface area contributed by atoms with E-state index in [4.69, 9.17) is 4.74 Å². The van der Waals surface area contributed by atoms with E-state index in [1.165, 1.54) is 0 Å². The van der Waals surface area contributed by atoms with Crippen LogP contribution >= 0.6 is 0 Å². The molecule has 3 aromatic rings. The first-order valence-electron chi connectivity index (χ1n) is 7.39. The highest BCUT2D eigenvalue weighted by molar-refractivity contribution is 7.84. The van der Waals surface area contributed by atoms with E-state index in [1.54, 1.807) is 6.26 Å². The van der Waals surface area contributed by atoms with Crippen molar-refractivity contribution in [1.29, 1.82) is 0 Å². The molecule has 1 atom stereocenters. The molecule has 4 nitrogen and oxygen atoms in total. The topological polar surface area (TPSA) is 44.1 Å². The van der Waals surface area contributed by atoms with E-state index < -0.39 is 10.8 Å². The van der Waals surface area contributed by atoms with E-state index in [1.807, 2.05) is 43.3 Å². The molecular formula is C18H16N2O2S. The van der Waals surface area contributed by atoms with Crippen molar-refractivity contribution in [2.75, 3.05) is 6.26 Å². The molecule has 1 aliphatic rings. The number of aryl methyl sites for hydroxylation is 1. The molecule has 0 saturated carbocycles. The number of aromatic nitrogens is 2. The summed E-state index contributed by atoms with van der Waals surface area (Å²) in [5, 5.41) is 0. The molecule has 0 fully saturated rings. The van der Waals surface area contributed by atoms with Gasteiger partial charge in [0.1, 0.15) is 12.4 Å². The highest BCUT2D eigenvalue weighted by atomic mass is 32.2. The number of rotatable bonds is 2. The van der Waals surface area contributed by atoms with Crippen LogP contribution in [0.3, 0.4) is 0 Å². The molecule has 2 heterocycles. The van der Waals surface area contributed by atoms with E-state index in [-0.39, 0.29) is 0 Å². The molecule has 0 bridgehead atoms. The van der Waals surface area contributed by atoms with Crippen molar-refractivity contribution in [2.24, 2.45) is 0 Å². The normalized spacial score (nSPS) is 13.8. The SMILES string of the molecule is Cc1nc2n(c1-c1ccccc1)-c1ccc(S(C)=O)cc1OC2. The number of fused-ring (bicyclic) bond motifs is 3. The summed E-state index contributed by atoms with van der Waals surface area (Å²) in [4.78, 5) is 5.43. The fourth-order valence-electron chi connectivity index (χ4n) is 2.99. The summed E-state index contributed by atoms with van der Waals surface area (Å²) in [7, 11) is -1.03. The average molecular weight is 324 g/mol. The Kier molecular flexibility index (Phi) is 3.31. The lowest BCUT2D eigenvalue weighted by atomic mass is 10.1. The molecule has 23 heavy (non-hydrogen) atoms. The Labute approximate surface area is 137 Å². The van der Waals surface area contributed by atoms with Crippen molar-refractivity contribution >= 4 is 10.8 Å². The summed E-state index contributed by atoms with van der Waals surface area (Å²) < 4.78 is 19.7. The largest absolute Gasteiger partial charge is 0.483 e. The maximum absolute atomic E-state index is 11.7. The zero-order valence-electron chi connectivity index (χ0n) is 12.9. The number of benzene rings is 2. The maximum atomic E-state index is 11.7. The van der Waals surface area contributed by atoms with Gasteiger partial charge in [0.2, 0.25) is 0 Å². The molecule has 0 aliphatic carbocycles. The summed E-state index contributed by atoms with van der Waals surface area (Å²) in [5.74, 6) is 1.64. The Morgan fingerprint density at radius 2 is 1.96 bits per heavy atom. The Hall–Kier alpha value is -2.40. The number of hydrogen-bond donors (Lipinski definition) is 0. The van der Waals surface area contributed by atoms with Crippen LogP contribution < -0.4 is 4.74 Å². The summed E-state index contributed by atoms with van der Waals surface area (Å²) in [6.45, 7) is 2.43. The molecule has 1 aromatic heterocycles. The van der Waals surface area contributed by atoms with E-state index in [9.17, 15) is 4.21 Å². The first-order valence-corrected chi connectivity index (χ1v) is 8.95. The van der Waals surface area contributed by atoms with Crippen LogP contribution in [0.15, 0.2) is 53.4 Å². The Morgan fingerprint density at radius 3 is 2.70 bits per heavy atom. The van der Waals surface area contributed by atoms with Gasteiger partial charge in [-0.3, -0.25) is 8.78 Å². The minimum absolute atomic E-state index is 0.417. The number of nitrogens with zero attached hydrogens (tertiary/aromatic N) is 2. The van der Waals surface area contributed by atoms with Gasteiger partial charge >= 0.3 is 0 Å². The molecular weight excluding hydrogens is 308 g/mol. The Balaban J connectivity index is 1.95. The molecule has 2 aromatic carbocycles. The number of ether oxygens (including phenoxy) is 1. The molecule has 1 unspecified atom stereocenters. The van der Waals surface area contributed by atoms with Gasteiger partial charge in [0, 0.05) is 27.5 Å². The predicted molar refractivity (Wildman–Crippen MR) is 90.4 cm³/mol. The second-order valence-corrected chi connectivity index (χ2v) is 6.92. The standard InChI is InChI=1S/C18H16N2O2S/c1-12-18(13-6-4-3-5-7-13)20-15-9-8-14(23(2)21)10-16(15)22-11-17(20)19-12/h3-10H,11H2,1-2H3. The van der Waals surface area contributed by atoms with Crippen LogP contribution in [0.2, 0.25) is 0 Å². The van der Waals surface area contributed by atoms with Crippen molar-refractivity contribution in [2.45, 2.75) is 18.4 Å². The van der Waals surface area contributed by atoms with Crippen molar-refractivity contribution in [3.63, 3.8) is 0 Å². The van der Waals surface area contributed by atoms with E-state index >= 15 is 0 Å². The third-order valence-corrected chi connectivity index (χ3v) is 4.95. The van der Waals surface area contributed by atoms with Crippen LogP contribution in [0.5, 0.6) is 5.75 Å². The van der Waals surface area contributed by atoms with Crippen molar-refractivity contribution in [1.82, 2.24) is 9.55 Å². The highest BCUT2D eigenvalue weighted by Crippen LogP contribution is 2.37. The third-order valence-electron chi connectivity index (χ3n) is 4.03. The number of imidazole rings is 1. The molecule has 4 rings (SSSR count). The maximum Gasteiger partial charge on any atom is 0.152 e. The molecule has 0 spiro atoms. The fraction of sp³-hybridized carbons (Fsp3) is 0.167. The lowest BCUT2D eigenvalue weighted by Crippen LogP contribution is -2.14. The first kappa shape index (κ1) is 14.2. The monoisotopic (exact) mass is 324 g/mol. The van der Waals surface area contributed by atoms with Gasteiger partial charge < -0.3 is 4.74 Å². The van der Waals surface area contributed by atoms with Gasteiger partial charge in [-0.2, -0.15) is 0 Å². The van der Waals surface area contributed by atoms with Crippen LogP contribution in [0.1, 0.15) is 11.5 Å². The Bertz CT molecular complexity index is 916. The second-order valence-electron chi connectivity index (χ2n) is 5.54. The smallest absolute Gasteiger partial charge is 0.152 e. The lowest BCUT2D eigenvalue weighted by Gasteiger charge is -2.22. The molecule has 0 amide bonds. The summed E-state index contributed by atoms with van der Waals surface area (Å²) in [6, 6.07) is 15.9. The van der Waals surface area contributed by atoms with Crippen molar-refractivity contribution in [3.8, 4) is 22.7 Å². The van der Waals surface area contributed by atoms with Crippen LogP contribution in [0.4, 0.5) is 0 Å². The van der Waals surface area contributed by atoms with E-state index in [0.29, 0.717) is 6.61 Å². The van der Waals surface area contributed by atoms with Crippen LogP contribution in [0, 0.1) is 6.92 Å². The van der Waals surface area contributed by atoms with Gasteiger partial charge in [-0.05, 0) is 25.1 Å². The zero-order chi connectivity index (χ0) is 16.0. The second kappa shape index (κ2) is 5.35. The zero-order valence-corrected chi connectivity index (χ0v) is 13.8. The van der Waals surface area contributed by atoms with Crippen molar-refractivity contribution < 1.29 is 8.95 Å². The summed E-state index contributed by atoms with van der Waals surface area (Å²) in [6.07, 6.45) is 1.67. The minimum atomic E-state index is -1.03. The average Bonchev–Trinajstić information content (AvgIpc) is 2.91. The third kappa shape index (κ3) is 2.28. The van der Waals surface area contributed by atoms with Gasteiger partial charge in [-0.1, -0.05) is 30.3 Å². The highest BCUT2D eigenvalue weighted by Gasteiger charge is 2.24. The lowest BCUT2D eigenvalue weighted by molar-refractivity contribution is 0.279. The summed E-state index contributed by atoms with van der Waals surface area (Å²) >= 11 is 0. The fourth-order valence-corrected chi connectivity index (χ4v) is 3.53. The first-order chi connectivity index (χ1) is 11.1. The van der Waals surface area contributed by atoms with Crippen LogP contribution in [-0.2, 0) is 17.4 Å². The molecule has 1 aliphatic heterocycles. The minimum Gasteiger partial charge on any atom is -0.483 e. The molecule has 0 N–H and O–H groups in total. The molecule has 0 radical (unpaired) electrons. The molecule has 5 heteroatoms. The summed E-state index contributed by atoms with van der Waals surface area (Å²) in [5.41, 5.74) is 4.13. The van der Waals surface area contributed by atoms with E-state index in [0.717, 1.165) is 39.1 Å². The van der Waals surface area contributed by atoms with Crippen molar-refractivity contribution in [3.05, 3.63) is 60.0 Å². The van der Waals surface area contributed by atoms with Crippen LogP contribution in [-0.4, -0.2) is 20.0 Å². The number of hydrogen-bond acceptors (Lipinski definition) is 3. The quantitative estimate of drug-likeness (QED) is 0.725. The van der Waals surface area contributed by atoms with Gasteiger partial charge in [-0.25, -0.2) is 4.98 Å². The van der Waals surface area contributed by atoms with Gasteiger partial charge in [0.25, 0.3) is 0 Å².